The number of nitrogens with one attached hydrogen (secondary N) is 1. The van der Waals surface area contributed by atoms with E-state index in [9.17, 15) is 18.3 Å². The number of aromatic hydroxyl groups is 1. The Balaban J connectivity index is 1.81. The smallest absolute Gasteiger partial charge is 0.289 e. The van der Waals surface area contributed by atoms with Crippen molar-refractivity contribution in [2.45, 2.75) is 31.6 Å². The van der Waals surface area contributed by atoms with E-state index >= 15 is 0 Å². The zero-order valence-electron chi connectivity index (χ0n) is 22.3. The minimum Gasteiger partial charge on any atom is -0.507 e. The van der Waals surface area contributed by atoms with Crippen LogP contribution in [0.1, 0.15) is 42.9 Å². The Kier molecular flexibility index (Phi) is 8.05. The maximum absolute atomic E-state index is 13.2. The van der Waals surface area contributed by atoms with Gasteiger partial charge in [-0.05, 0) is 55.8 Å². The first-order valence-corrected chi connectivity index (χ1v) is 14.0. The lowest BCUT2D eigenvalue weighted by atomic mass is 9.98. The fourth-order valence-corrected chi connectivity index (χ4v) is 5.85. The molecular formula is C26H34N6O5S. The number of amides is 1. The summed E-state index contributed by atoms with van der Waals surface area (Å²) in [5, 5.41) is 22.0. The topological polar surface area (TPSA) is 130 Å². The summed E-state index contributed by atoms with van der Waals surface area (Å²) in [7, 11) is -0.165. The second-order valence-electron chi connectivity index (χ2n) is 9.51. The lowest BCUT2D eigenvalue weighted by Crippen LogP contribution is -2.46. The summed E-state index contributed by atoms with van der Waals surface area (Å²) in [5.41, 5.74) is 1.69. The summed E-state index contributed by atoms with van der Waals surface area (Å²) >= 11 is 0. The average Bonchev–Trinajstić information content (AvgIpc) is 3.33. The Hall–Kier alpha value is -3.48. The Bertz CT molecular complexity index is 1410. The van der Waals surface area contributed by atoms with E-state index in [1.54, 1.807) is 25.1 Å². The molecule has 12 heteroatoms. The lowest BCUT2D eigenvalue weighted by Gasteiger charge is -2.31. The van der Waals surface area contributed by atoms with E-state index < -0.39 is 15.9 Å². The molecular weight excluding hydrogens is 508 g/mol. The SMILES string of the molecule is CCNC(=O)c1nnc(-c2cc(C(C)C)c(OC)cc2O)n1-c1ccc(S(=O)(=O)N2CCN(C)CC2)cc1. The number of carbonyl (C=O) groups excluding carboxylic acids is 1. The molecule has 1 saturated heterocycles. The third kappa shape index (κ3) is 5.24. The van der Waals surface area contributed by atoms with Crippen LogP contribution in [0.5, 0.6) is 11.5 Å². The average molecular weight is 543 g/mol. The summed E-state index contributed by atoms with van der Waals surface area (Å²) in [6, 6.07) is 9.54. The predicted molar refractivity (Wildman–Crippen MR) is 143 cm³/mol. The van der Waals surface area contributed by atoms with E-state index in [0.717, 1.165) is 5.56 Å². The summed E-state index contributed by atoms with van der Waals surface area (Å²) in [4.78, 5) is 15.1. The van der Waals surface area contributed by atoms with Crippen molar-refractivity contribution in [1.82, 2.24) is 29.3 Å². The Morgan fingerprint density at radius 3 is 2.34 bits per heavy atom. The molecule has 1 fully saturated rings. The van der Waals surface area contributed by atoms with E-state index in [-0.39, 0.29) is 28.2 Å². The van der Waals surface area contributed by atoms with Crippen molar-refractivity contribution in [2.75, 3.05) is 46.9 Å². The highest BCUT2D eigenvalue weighted by molar-refractivity contribution is 7.89. The van der Waals surface area contributed by atoms with Crippen molar-refractivity contribution < 1.29 is 23.1 Å². The van der Waals surface area contributed by atoms with Crippen LogP contribution in [-0.4, -0.2) is 90.3 Å². The number of hydrogen-bond acceptors (Lipinski definition) is 8. The molecule has 1 aliphatic rings. The molecule has 0 unspecified atom stereocenters. The van der Waals surface area contributed by atoms with Crippen molar-refractivity contribution in [3.05, 3.63) is 47.8 Å². The van der Waals surface area contributed by atoms with Crippen LogP contribution < -0.4 is 10.1 Å². The van der Waals surface area contributed by atoms with Gasteiger partial charge in [-0.15, -0.1) is 10.2 Å². The monoisotopic (exact) mass is 542 g/mol. The van der Waals surface area contributed by atoms with Gasteiger partial charge in [-0.2, -0.15) is 4.31 Å². The summed E-state index contributed by atoms with van der Waals surface area (Å²) in [5.74, 6) is 0.340. The minimum absolute atomic E-state index is 0.0119. The van der Waals surface area contributed by atoms with Crippen LogP contribution in [0, 0.1) is 0 Å². The Morgan fingerprint density at radius 2 is 1.76 bits per heavy atom. The molecule has 0 atom stereocenters. The number of sulfonamides is 1. The van der Waals surface area contributed by atoms with Crippen LogP contribution in [0.15, 0.2) is 41.3 Å². The van der Waals surface area contributed by atoms with E-state index in [0.29, 0.717) is 49.7 Å². The number of carbonyl (C=O) groups is 1. The van der Waals surface area contributed by atoms with E-state index in [4.69, 9.17) is 4.74 Å². The third-order valence-electron chi connectivity index (χ3n) is 6.61. The molecule has 0 bridgehead atoms. The molecule has 11 nitrogen and oxygen atoms in total. The van der Waals surface area contributed by atoms with Crippen molar-refractivity contribution >= 4 is 15.9 Å². The molecule has 204 valence electrons. The first kappa shape index (κ1) is 27.6. The van der Waals surface area contributed by atoms with Crippen molar-refractivity contribution in [2.24, 2.45) is 0 Å². The molecule has 1 amide bonds. The van der Waals surface area contributed by atoms with Gasteiger partial charge in [-0.3, -0.25) is 9.36 Å². The molecule has 0 aliphatic carbocycles. The van der Waals surface area contributed by atoms with Gasteiger partial charge in [0.05, 0.1) is 17.6 Å². The molecule has 0 spiro atoms. The molecule has 38 heavy (non-hydrogen) atoms. The molecule has 1 aromatic heterocycles. The molecule has 2 N–H and O–H groups in total. The van der Waals surface area contributed by atoms with Gasteiger partial charge in [0.25, 0.3) is 5.91 Å². The van der Waals surface area contributed by atoms with Gasteiger partial charge >= 0.3 is 0 Å². The number of hydrogen-bond donors (Lipinski definition) is 2. The third-order valence-corrected chi connectivity index (χ3v) is 8.52. The number of phenolic OH excluding ortho intramolecular Hbond substituents is 1. The maximum atomic E-state index is 13.2. The molecule has 0 saturated carbocycles. The highest BCUT2D eigenvalue weighted by Gasteiger charge is 2.28. The highest BCUT2D eigenvalue weighted by Crippen LogP contribution is 2.38. The van der Waals surface area contributed by atoms with Crippen LogP contribution in [0.2, 0.25) is 0 Å². The van der Waals surface area contributed by atoms with Crippen LogP contribution >= 0.6 is 0 Å². The largest absolute Gasteiger partial charge is 0.507 e. The van der Waals surface area contributed by atoms with E-state index in [2.05, 4.69) is 20.4 Å². The molecule has 4 rings (SSSR count). The van der Waals surface area contributed by atoms with Gasteiger partial charge in [0.2, 0.25) is 15.8 Å². The Labute approximate surface area is 223 Å². The fraction of sp³-hybridized carbons (Fsp3) is 0.423. The fourth-order valence-electron chi connectivity index (χ4n) is 4.43. The number of aromatic nitrogens is 3. The van der Waals surface area contributed by atoms with Gasteiger partial charge < -0.3 is 20.1 Å². The highest BCUT2D eigenvalue weighted by atomic mass is 32.2. The van der Waals surface area contributed by atoms with Crippen LogP contribution in [0.4, 0.5) is 0 Å². The molecule has 2 heterocycles. The van der Waals surface area contributed by atoms with Gasteiger partial charge in [0, 0.05) is 44.5 Å². The number of methoxy groups -OCH3 is 1. The zero-order valence-corrected chi connectivity index (χ0v) is 23.1. The quantitative estimate of drug-likeness (QED) is 0.444. The zero-order chi connectivity index (χ0) is 27.6. The second-order valence-corrected chi connectivity index (χ2v) is 11.4. The van der Waals surface area contributed by atoms with E-state index in [1.807, 2.05) is 20.9 Å². The number of likely N-dealkylation sites (N-methyl/N-ethyl adjacent to an activating group) is 1. The maximum Gasteiger partial charge on any atom is 0.289 e. The van der Waals surface area contributed by atoms with Crippen LogP contribution in [0.25, 0.3) is 17.1 Å². The number of piperazine rings is 1. The number of nitrogens with zero attached hydrogens (tertiary/aromatic N) is 5. The summed E-state index contributed by atoms with van der Waals surface area (Å²) in [6.07, 6.45) is 0. The van der Waals surface area contributed by atoms with Gasteiger partial charge in [-0.1, -0.05) is 13.8 Å². The molecule has 0 radical (unpaired) electrons. The van der Waals surface area contributed by atoms with Gasteiger partial charge in [0.1, 0.15) is 11.5 Å². The molecule has 3 aromatic rings. The normalized spacial score (nSPS) is 15.1. The van der Waals surface area contributed by atoms with Crippen LogP contribution in [0.3, 0.4) is 0 Å². The Morgan fingerprint density at radius 1 is 1.11 bits per heavy atom. The van der Waals surface area contributed by atoms with Gasteiger partial charge in [-0.25, -0.2) is 8.42 Å². The second kappa shape index (κ2) is 11.1. The number of benzene rings is 2. The number of phenols is 1. The van der Waals surface area contributed by atoms with Gasteiger partial charge in [0.15, 0.2) is 5.82 Å². The summed E-state index contributed by atoms with van der Waals surface area (Å²) in [6.45, 7) is 8.36. The van der Waals surface area contributed by atoms with Crippen molar-refractivity contribution in [1.29, 1.82) is 0 Å². The van der Waals surface area contributed by atoms with Crippen LogP contribution in [-0.2, 0) is 10.0 Å². The lowest BCUT2D eigenvalue weighted by molar-refractivity contribution is 0.0943. The standard InChI is InChI=1S/C26H34N6O5S/c1-6-27-26(34)25-29-28-24(21-15-20(17(2)3)23(37-5)16-22(21)33)32(25)18-7-9-19(10-8-18)38(35,36)31-13-11-30(4)12-14-31/h7-10,15-17,33H,6,11-14H2,1-5H3,(H,27,34). The van der Waals surface area contributed by atoms with E-state index in [1.165, 1.54) is 34.2 Å². The molecule has 1 aliphatic heterocycles. The first-order chi connectivity index (χ1) is 18.1. The molecule has 2 aromatic carbocycles. The summed E-state index contributed by atoms with van der Waals surface area (Å²) < 4.78 is 34.9. The first-order valence-electron chi connectivity index (χ1n) is 12.5. The number of ether oxygens (including phenoxy) is 1. The minimum atomic E-state index is -3.66. The number of rotatable bonds is 8. The predicted octanol–water partition coefficient (Wildman–Crippen LogP) is 2.46. The van der Waals surface area contributed by atoms with Crippen molar-refractivity contribution in [3.63, 3.8) is 0 Å². The van der Waals surface area contributed by atoms with Crippen molar-refractivity contribution in [3.8, 4) is 28.6 Å².